The van der Waals surface area contributed by atoms with Gasteiger partial charge in [0, 0.05) is 16.1 Å². The molecule has 152 valence electrons. The quantitative estimate of drug-likeness (QED) is 0.562. The van der Waals surface area contributed by atoms with Gasteiger partial charge in [-0.3, -0.25) is 9.52 Å². The van der Waals surface area contributed by atoms with Crippen molar-refractivity contribution in [1.82, 2.24) is 5.32 Å². The molecule has 29 heavy (non-hydrogen) atoms. The molecule has 0 saturated heterocycles. The van der Waals surface area contributed by atoms with E-state index in [1.165, 1.54) is 42.5 Å². The molecule has 0 spiro atoms. The van der Waals surface area contributed by atoms with E-state index >= 15 is 0 Å². The summed E-state index contributed by atoms with van der Waals surface area (Å²) in [6.07, 6.45) is 0. The van der Waals surface area contributed by atoms with Gasteiger partial charge in [0.05, 0.1) is 10.9 Å². The topological polar surface area (TPSA) is 75.3 Å². The van der Waals surface area contributed by atoms with Crippen LogP contribution in [0, 0.1) is 11.7 Å². The molecule has 0 saturated carbocycles. The van der Waals surface area contributed by atoms with Crippen molar-refractivity contribution in [3.8, 4) is 0 Å². The molecule has 1 aromatic heterocycles. The van der Waals surface area contributed by atoms with Gasteiger partial charge in [-0.1, -0.05) is 26.0 Å². The third kappa shape index (κ3) is 5.21. The third-order valence-electron chi connectivity index (χ3n) is 4.31. The smallest absolute Gasteiger partial charge is 0.261 e. The Labute approximate surface area is 173 Å². The minimum atomic E-state index is -3.92. The zero-order valence-electron chi connectivity index (χ0n) is 15.9. The standard InChI is InChI=1S/C21H21FN2O3S2/c1-14(2)20(19-7-4-12-28-19)23-21(25)15-5-3-6-18(13-15)29(26,27)24-17-10-8-16(22)9-11-17/h3-14,20,24H,1-2H3,(H,23,25). The number of amides is 1. The van der Waals surface area contributed by atoms with E-state index in [2.05, 4.69) is 10.0 Å². The van der Waals surface area contributed by atoms with Gasteiger partial charge < -0.3 is 5.32 Å². The Bertz CT molecular complexity index is 1080. The predicted molar refractivity (Wildman–Crippen MR) is 113 cm³/mol. The van der Waals surface area contributed by atoms with Gasteiger partial charge in [-0.05, 0) is 59.8 Å². The Hall–Kier alpha value is -2.71. The van der Waals surface area contributed by atoms with E-state index in [0.29, 0.717) is 0 Å². The van der Waals surface area contributed by atoms with Gasteiger partial charge in [0.1, 0.15) is 5.82 Å². The molecule has 0 radical (unpaired) electrons. The highest BCUT2D eigenvalue weighted by Crippen LogP contribution is 2.26. The van der Waals surface area contributed by atoms with Crippen molar-refractivity contribution in [2.45, 2.75) is 24.8 Å². The van der Waals surface area contributed by atoms with Crippen LogP contribution in [0.15, 0.2) is 70.9 Å². The van der Waals surface area contributed by atoms with Crippen LogP contribution in [0.5, 0.6) is 0 Å². The van der Waals surface area contributed by atoms with Gasteiger partial charge in [-0.25, -0.2) is 12.8 Å². The lowest BCUT2D eigenvalue weighted by molar-refractivity contribution is 0.0926. The van der Waals surface area contributed by atoms with Crippen LogP contribution in [-0.4, -0.2) is 14.3 Å². The zero-order valence-corrected chi connectivity index (χ0v) is 17.6. The number of benzene rings is 2. The molecule has 1 amide bonds. The number of hydrogen-bond donors (Lipinski definition) is 2. The lowest BCUT2D eigenvalue weighted by Gasteiger charge is -2.21. The summed E-state index contributed by atoms with van der Waals surface area (Å²) in [6, 6.07) is 14.5. The van der Waals surface area contributed by atoms with Crippen LogP contribution in [0.25, 0.3) is 0 Å². The SMILES string of the molecule is CC(C)C(NC(=O)c1cccc(S(=O)(=O)Nc2ccc(F)cc2)c1)c1cccs1. The van der Waals surface area contributed by atoms with Crippen LogP contribution in [0.4, 0.5) is 10.1 Å². The Kier molecular flexibility index (Phi) is 6.34. The molecule has 3 rings (SSSR count). The van der Waals surface area contributed by atoms with Crippen LogP contribution in [0.1, 0.15) is 35.1 Å². The first kappa shape index (κ1) is 21.0. The van der Waals surface area contributed by atoms with Gasteiger partial charge >= 0.3 is 0 Å². The highest BCUT2D eigenvalue weighted by Gasteiger charge is 2.21. The summed E-state index contributed by atoms with van der Waals surface area (Å²) < 4.78 is 40.7. The molecule has 1 unspecified atom stereocenters. The summed E-state index contributed by atoms with van der Waals surface area (Å²) in [5.74, 6) is -0.641. The van der Waals surface area contributed by atoms with Crippen molar-refractivity contribution in [3.63, 3.8) is 0 Å². The monoisotopic (exact) mass is 432 g/mol. The summed E-state index contributed by atoms with van der Waals surface area (Å²) in [6.45, 7) is 4.02. The second-order valence-electron chi connectivity index (χ2n) is 6.85. The average molecular weight is 433 g/mol. The number of nitrogens with one attached hydrogen (secondary N) is 2. The lowest BCUT2D eigenvalue weighted by Crippen LogP contribution is -2.31. The number of hydrogen-bond acceptors (Lipinski definition) is 4. The number of carbonyl (C=O) groups is 1. The molecule has 0 fully saturated rings. The fourth-order valence-electron chi connectivity index (χ4n) is 2.80. The van der Waals surface area contributed by atoms with Crippen LogP contribution >= 0.6 is 11.3 Å². The van der Waals surface area contributed by atoms with Crippen molar-refractivity contribution >= 4 is 33.0 Å². The number of anilines is 1. The van der Waals surface area contributed by atoms with Crippen LogP contribution < -0.4 is 10.0 Å². The van der Waals surface area contributed by atoms with E-state index in [1.807, 2.05) is 31.4 Å². The maximum atomic E-state index is 13.0. The van der Waals surface area contributed by atoms with Gasteiger partial charge in [0.2, 0.25) is 0 Å². The Morgan fingerprint density at radius 2 is 1.76 bits per heavy atom. The van der Waals surface area contributed by atoms with E-state index in [4.69, 9.17) is 0 Å². The second-order valence-corrected chi connectivity index (χ2v) is 9.51. The maximum absolute atomic E-state index is 13.0. The minimum absolute atomic E-state index is 0.0494. The molecule has 0 bridgehead atoms. The molecular formula is C21H21FN2O3S2. The molecule has 8 heteroatoms. The first-order chi connectivity index (χ1) is 13.8. The van der Waals surface area contributed by atoms with Crippen molar-refractivity contribution in [2.24, 2.45) is 5.92 Å². The molecule has 1 atom stereocenters. The molecule has 0 aliphatic heterocycles. The summed E-state index contributed by atoms with van der Waals surface area (Å²) in [4.78, 5) is 13.8. The van der Waals surface area contributed by atoms with Gasteiger partial charge in [-0.15, -0.1) is 11.3 Å². The molecule has 2 N–H and O–H groups in total. The fraction of sp³-hybridized carbons (Fsp3) is 0.190. The van der Waals surface area contributed by atoms with Crippen LogP contribution in [-0.2, 0) is 10.0 Å². The fourth-order valence-corrected chi connectivity index (χ4v) is 4.85. The van der Waals surface area contributed by atoms with E-state index in [1.54, 1.807) is 17.4 Å². The Morgan fingerprint density at radius 1 is 1.03 bits per heavy atom. The largest absolute Gasteiger partial charge is 0.344 e. The second kappa shape index (κ2) is 8.75. The summed E-state index contributed by atoms with van der Waals surface area (Å²) in [5, 5.41) is 4.93. The molecule has 3 aromatic rings. The zero-order chi connectivity index (χ0) is 21.0. The summed E-state index contributed by atoms with van der Waals surface area (Å²) in [5.41, 5.74) is 0.480. The number of thiophene rings is 1. The van der Waals surface area contributed by atoms with Crippen molar-refractivity contribution in [1.29, 1.82) is 0 Å². The highest BCUT2D eigenvalue weighted by atomic mass is 32.2. The summed E-state index contributed by atoms with van der Waals surface area (Å²) in [7, 11) is -3.92. The normalized spacial score (nSPS) is 12.6. The lowest BCUT2D eigenvalue weighted by atomic mass is 10.0. The molecule has 2 aromatic carbocycles. The van der Waals surface area contributed by atoms with Gasteiger partial charge in [0.15, 0.2) is 0 Å². The van der Waals surface area contributed by atoms with E-state index in [-0.39, 0.29) is 34.0 Å². The third-order valence-corrected chi connectivity index (χ3v) is 6.64. The first-order valence-electron chi connectivity index (χ1n) is 8.99. The molecule has 5 nitrogen and oxygen atoms in total. The number of sulfonamides is 1. The van der Waals surface area contributed by atoms with Gasteiger partial charge in [-0.2, -0.15) is 0 Å². The van der Waals surface area contributed by atoms with E-state index in [9.17, 15) is 17.6 Å². The van der Waals surface area contributed by atoms with E-state index in [0.717, 1.165) is 4.88 Å². The molecule has 1 heterocycles. The maximum Gasteiger partial charge on any atom is 0.261 e. The average Bonchev–Trinajstić information content (AvgIpc) is 3.22. The predicted octanol–water partition coefficient (Wildman–Crippen LogP) is 4.82. The Balaban J connectivity index is 1.81. The van der Waals surface area contributed by atoms with Crippen LogP contribution in [0.2, 0.25) is 0 Å². The van der Waals surface area contributed by atoms with Crippen LogP contribution in [0.3, 0.4) is 0 Å². The number of halogens is 1. The highest BCUT2D eigenvalue weighted by molar-refractivity contribution is 7.92. The Morgan fingerprint density at radius 3 is 2.38 bits per heavy atom. The molecule has 0 aliphatic rings. The molecule has 0 aliphatic carbocycles. The molecular weight excluding hydrogens is 411 g/mol. The first-order valence-corrected chi connectivity index (χ1v) is 11.4. The van der Waals surface area contributed by atoms with E-state index < -0.39 is 15.8 Å². The van der Waals surface area contributed by atoms with Gasteiger partial charge in [0.25, 0.3) is 15.9 Å². The van der Waals surface area contributed by atoms with Crippen molar-refractivity contribution in [2.75, 3.05) is 4.72 Å². The van der Waals surface area contributed by atoms with Crippen molar-refractivity contribution in [3.05, 3.63) is 82.3 Å². The van der Waals surface area contributed by atoms with Crippen molar-refractivity contribution < 1.29 is 17.6 Å². The summed E-state index contributed by atoms with van der Waals surface area (Å²) >= 11 is 1.56. The number of carbonyl (C=O) groups excluding carboxylic acids is 1. The minimum Gasteiger partial charge on any atom is -0.344 e. The number of rotatable bonds is 7.